The number of carbonyl (C=O) groups excluding carboxylic acids is 2. The SMILES string of the molecule is COc1ccc(CC(=O)N2CCCN(C(C)C)CCN(C(=O)CCN(C)c3cccc(C(F)(F)F)c3)Cc3cccc(C)c32)cc1. The van der Waals surface area contributed by atoms with Crippen LogP contribution in [0.4, 0.5) is 24.5 Å². The van der Waals surface area contributed by atoms with Crippen molar-refractivity contribution in [1.29, 1.82) is 0 Å². The molecule has 0 aromatic heterocycles. The summed E-state index contributed by atoms with van der Waals surface area (Å²) in [5.41, 5.74) is 3.25. The van der Waals surface area contributed by atoms with Gasteiger partial charge in [-0.05, 0) is 74.2 Å². The van der Waals surface area contributed by atoms with Crippen LogP contribution in [0.15, 0.2) is 66.7 Å². The monoisotopic (exact) mass is 638 g/mol. The lowest BCUT2D eigenvalue weighted by atomic mass is 10.0. The maximum atomic E-state index is 13.9. The van der Waals surface area contributed by atoms with Crippen molar-refractivity contribution < 1.29 is 27.5 Å². The summed E-state index contributed by atoms with van der Waals surface area (Å²) >= 11 is 0. The van der Waals surface area contributed by atoms with E-state index < -0.39 is 11.7 Å². The Morgan fingerprint density at radius 3 is 2.33 bits per heavy atom. The van der Waals surface area contributed by atoms with E-state index in [-0.39, 0.29) is 37.2 Å². The molecule has 4 rings (SSSR count). The van der Waals surface area contributed by atoms with Gasteiger partial charge in [-0.2, -0.15) is 13.2 Å². The van der Waals surface area contributed by atoms with Gasteiger partial charge < -0.3 is 19.4 Å². The van der Waals surface area contributed by atoms with E-state index in [1.54, 1.807) is 25.1 Å². The lowest BCUT2D eigenvalue weighted by Gasteiger charge is -2.31. The fraction of sp³-hybridized carbons (Fsp3) is 0.444. The number of alkyl halides is 3. The maximum absolute atomic E-state index is 13.9. The second kappa shape index (κ2) is 15.5. The molecule has 0 spiro atoms. The summed E-state index contributed by atoms with van der Waals surface area (Å²) in [5, 5.41) is 0. The van der Waals surface area contributed by atoms with E-state index in [9.17, 15) is 22.8 Å². The summed E-state index contributed by atoms with van der Waals surface area (Å²) in [5.74, 6) is 0.620. The van der Waals surface area contributed by atoms with Gasteiger partial charge in [-0.3, -0.25) is 14.5 Å². The Kier molecular flexibility index (Phi) is 11.7. The molecule has 1 aliphatic heterocycles. The molecule has 0 fully saturated rings. The van der Waals surface area contributed by atoms with Gasteiger partial charge >= 0.3 is 6.18 Å². The first-order valence-electron chi connectivity index (χ1n) is 15.8. The molecular formula is C36H45F3N4O3. The molecule has 248 valence electrons. The number of aryl methyl sites for hydroxylation is 1. The van der Waals surface area contributed by atoms with Crippen molar-refractivity contribution in [2.75, 3.05) is 56.7 Å². The molecule has 0 N–H and O–H groups in total. The molecule has 0 aliphatic carbocycles. The Bertz CT molecular complexity index is 1480. The molecule has 0 atom stereocenters. The molecule has 0 unspecified atom stereocenters. The number of carbonyl (C=O) groups is 2. The Morgan fingerprint density at radius 2 is 1.65 bits per heavy atom. The zero-order chi connectivity index (χ0) is 33.4. The summed E-state index contributed by atoms with van der Waals surface area (Å²) in [6.45, 7) is 9.31. The predicted octanol–water partition coefficient (Wildman–Crippen LogP) is 6.57. The number of rotatable bonds is 8. The normalized spacial score (nSPS) is 14.9. The first-order chi connectivity index (χ1) is 21.9. The number of benzene rings is 3. The van der Waals surface area contributed by atoms with Gasteiger partial charge in [0.25, 0.3) is 0 Å². The minimum Gasteiger partial charge on any atom is -0.497 e. The van der Waals surface area contributed by atoms with E-state index in [1.807, 2.05) is 59.2 Å². The second-order valence-corrected chi connectivity index (χ2v) is 12.2. The molecule has 0 saturated carbocycles. The molecule has 46 heavy (non-hydrogen) atoms. The van der Waals surface area contributed by atoms with Gasteiger partial charge in [-0.15, -0.1) is 0 Å². The molecule has 3 aromatic rings. The first-order valence-corrected chi connectivity index (χ1v) is 15.8. The number of hydrogen-bond acceptors (Lipinski definition) is 5. The summed E-state index contributed by atoms with van der Waals surface area (Å²) in [6, 6.07) is 18.8. The lowest BCUT2D eigenvalue weighted by molar-refractivity contribution is -0.137. The van der Waals surface area contributed by atoms with Crippen molar-refractivity contribution in [3.8, 4) is 5.75 Å². The first kappa shape index (κ1) is 34.8. The van der Waals surface area contributed by atoms with Crippen LogP contribution in [0.2, 0.25) is 0 Å². The highest BCUT2D eigenvalue weighted by molar-refractivity contribution is 5.96. The Balaban J connectivity index is 1.59. The third-order valence-electron chi connectivity index (χ3n) is 8.61. The predicted molar refractivity (Wildman–Crippen MR) is 176 cm³/mol. The van der Waals surface area contributed by atoms with Gasteiger partial charge in [0.05, 0.1) is 24.8 Å². The number of amides is 2. The van der Waals surface area contributed by atoms with Crippen molar-refractivity contribution in [2.45, 2.75) is 58.8 Å². The van der Waals surface area contributed by atoms with Gasteiger partial charge in [-0.1, -0.05) is 36.4 Å². The second-order valence-electron chi connectivity index (χ2n) is 12.2. The number of methoxy groups -OCH3 is 1. The van der Waals surface area contributed by atoms with Crippen LogP contribution in [0, 0.1) is 6.92 Å². The van der Waals surface area contributed by atoms with E-state index in [1.165, 1.54) is 6.07 Å². The smallest absolute Gasteiger partial charge is 0.416 e. The van der Waals surface area contributed by atoms with Crippen molar-refractivity contribution in [3.05, 3.63) is 89.0 Å². The number of hydrogen-bond donors (Lipinski definition) is 0. The quantitative estimate of drug-likeness (QED) is 0.280. The molecule has 1 aliphatic rings. The average molecular weight is 639 g/mol. The molecule has 0 saturated heterocycles. The number of para-hydroxylation sites is 1. The number of nitrogens with zero attached hydrogens (tertiary/aromatic N) is 4. The Labute approximate surface area is 270 Å². The summed E-state index contributed by atoms with van der Waals surface area (Å²) in [6.07, 6.45) is -3.30. The summed E-state index contributed by atoms with van der Waals surface area (Å²) in [4.78, 5) is 35.4. The molecule has 2 amide bonds. The summed E-state index contributed by atoms with van der Waals surface area (Å²) in [7, 11) is 3.30. The fourth-order valence-electron chi connectivity index (χ4n) is 5.89. The van der Waals surface area contributed by atoms with E-state index >= 15 is 0 Å². The molecular weight excluding hydrogens is 593 g/mol. The van der Waals surface area contributed by atoms with Gasteiger partial charge in [0.15, 0.2) is 0 Å². The largest absolute Gasteiger partial charge is 0.497 e. The van der Waals surface area contributed by atoms with Gasteiger partial charge in [-0.25, -0.2) is 0 Å². The minimum atomic E-state index is -4.44. The molecule has 7 nitrogen and oxygen atoms in total. The van der Waals surface area contributed by atoms with E-state index in [4.69, 9.17) is 4.74 Å². The highest BCUT2D eigenvalue weighted by Crippen LogP contribution is 2.32. The van der Waals surface area contributed by atoms with Crippen LogP contribution in [-0.4, -0.2) is 74.5 Å². The topological polar surface area (TPSA) is 56.3 Å². The molecule has 0 radical (unpaired) electrons. The van der Waals surface area contributed by atoms with Gasteiger partial charge in [0.2, 0.25) is 11.8 Å². The van der Waals surface area contributed by atoms with Crippen molar-refractivity contribution >= 4 is 23.2 Å². The third-order valence-corrected chi connectivity index (χ3v) is 8.61. The maximum Gasteiger partial charge on any atom is 0.416 e. The van der Waals surface area contributed by atoms with E-state index in [2.05, 4.69) is 18.7 Å². The average Bonchev–Trinajstić information content (AvgIpc) is 3.06. The highest BCUT2D eigenvalue weighted by Gasteiger charge is 2.31. The lowest BCUT2D eigenvalue weighted by Crippen LogP contribution is -2.42. The third kappa shape index (κ3) is 9.02. The molecule has 3 aromatic carbocycles. The van der Waals surface area contributed by atoms with Crippen LogP contribution >= 0.6 is 0 Å². The number of anilines is 2. The molecule has 1 heterocycles. The minimum absolute atomic E-state index is 0.0170. The number of fused-ring (bicyclic) bond motifs is 1. The van der Waals surface area contributed by atoms with Crippen molar-refractivity contribution in [2.24, 2.45) is 0 Å². The van der Waals surface area contributed by atoms with E-state index in [0.717, 1.165) is 53.2 Å². The number of ether oxygens (including phenoxy) is 1. The van der Waals surface area contributed by atoms with Crippen LogP contribution in [0.1, 0.15) is 48.9 Å². The van der Waals surface area contributed by atoms with Crippen LogP contribution < -0.4 is 14.5 Å². The Morgan fingerprint density at radius 1 is 0.935 bits per heavy atom. The standard InChI is InChI=1S/C36H45F3N4O3/c1-26(2)41-18-8-19-43(34(45)23-28-13-15-32(46-5)16-14-28)35-27(3)9-6-10-29(35)25-42(22-21-41)33(44)17-20-40(4)31-12-7-11-30(24-31)36(37,38)39/h6-7,9-16,24,26H,8,17-23,25H2,1-5H3. The van der Waals surface area contributed by atoms with Crippen LogP contribution in [0.5, 0.6) is 5.75 Å². The van der Waals surface area contributed by atoms with E-state index in [0.29, 0.717) is 31.9 Å². The van der Waals surface area contributed by atoms with Crippen molar-refractivity contribution in [3.63, 3.8) is 0 Å². The zero-order valence-corrected chi connectivity index (χ0v) is 27.4. The van der Waals surface area contributed by atoms with Crippen LogP contribution in [0.3, 0.4) is 0 Å². The van der Waals surface area contributed by atoms with Crippen LogP contribution in [0.25, 0.3) is 0 Å². The number of halogens is 3. The highest BCUT2D eigenvalue weighted by atomic mass is 19.4. The fourth-order valence-corrected chi connectivity index (χ4v) is 5.89. The van der Waals surface area contributed by atoms with Crippen molar-refractivity contribution in [1.82, 2.24) is 9.80 Å². The molecule has 0 bridgehead atoms. The molecule has 10 heteroatoms. The van der Waals surface area contributed by atoms with Crippen LogP contribution in [-0.2, 0) is 28.7 Å². The summed E-state index contributed by atoms with van der Waals surface area (Å²) < 4.78 is 45.1. The Hall–Kier alpha value is -4.05. The zero-order valence-electron chi connectivity index (χ0n) is 27.4. The van der Waals surface area contributed by atoms with Gasteiger partial charge in [0, 0.05) is 64.5 Å². The van der Waals surface area contributed by atoms with Gasteiger partial charge in [0.1, 0.15) is 5.75 Å².